The van der Waals surface area contributed by atoms with Crippen LogP contribution in [0.1, 0.15) is 0 Å². The Labute approximate surface area is 110 Å². The summed E-state index contributed by atoms with van der Waals surface area (Å²) in [6.07, 6.45) is 1.68. The van der Waals surface area contributed by atoms with Crippen molar-refractivity contribution in [2.75, 3.05) is 19.5 Å². The van der Waals surface area contributed by atoms with Gasteiger partial charge >= 0.3 is 0 Å². The largest absolute Gasteiger partial charge is 0.487 e. The maximum absolute atomic E-state index is 7.56. The summed E-state index contributed by atoms with van der Waals surface area (Å²) in [5.74, 6) is 0.694. The second-order valence-electron chi connectivity index (χ2n) is 2.17. The van der Waals surface area contributed by atoms with Crippen molar-refractivity contribution in [2.24, 2.45) is 5.73 Å². The predicted octanol–water partition coefficient (Wildman–Crippen LogP) is 0.821. The maximum Gasteiger partial charge on any atom is 0.262 e. The van der Waals surface area contributed by atoms with Crippen molar-refractivity contribution in [1.82, 2.24) is 4.98 Å². The van der Waals surface area contributed by atoms with Crippen LogP contribution in [0.5, 0.6) is 0 Å². The van der Waals surface area contributed by atoms with Crippen LogP contribution >= 0.6 is 24.4 Å². The van der Waals surface area contributed by atoms with Crippen LogP contribution in [0.25, 0.3) is 0 Å². The van der Waals surface area contributed by atoms with Gasteiger partial charge in [-0.15, -0.1) is 0 Å². The number of nitrogens with two attached hydrogens (primary N) is 1. The number of nitrogens with one attached hydrogen (secondary N) is 1. The summed E-state index contributed by atoms with van der Waals surface area (Å²) in [5.41, 5.74) is 4.40. The van der Waals surface area contributed by atoms with Gasteiger partial charge in [0.15, 0.2) is 0 Å². The highest BCUT2D eigenvalue weighted by atomic mass is 32.1. The van der Waals surface area contributed by atoms with Crippen LogP contribution in [-0.4, -0.2) is 39.8 Å². The van der Waals surface area contributed by atoms with Gasteiger partial charge < -0.3 is 26.0 Å². The number of thiocarbonyl (C=S) groups is 2. The number of methoxy groups -OCH3 is 1. The number of anilines is 1. The zero-order valence-electron chi connectivity index (χ0n) is 9.45. The molecular weight excluding hydrogens is 262 g/mol. The second kappa shape index (κ2) is 12.6. The lowest BCUT2D eigenvalue weighted by atomic mass is 10.5. The highest BCUT2D eigenvalue weighted by Gasteiger charge is 1.93. The molecule has 1 rings (SSSR count). The Balaban J connectivity index is 0. The number of rotatable bonds is 1. The fourth-order valence-electron chi connectivity index (χ4n) is 0.592. The average Bonchev–Trinajstić information content (AvgIpc) is 2.32. The quantitative estimate of drug-likeness (QED) is 0.560. The Morgan fingerprint density at radius 2 is 1.94 bits per heavy atom. The first-order valence-electron chi connectivity index (χ1n) is 4.25. The van der Waals surface area contributed by atoms with E-state index >= 15 is 0 Å². The fraction of sp³-hybridized carbons (Fsp3) is 0.222. The summed E-state index contributed by atoms with van der Waals surface area (Å²) in [4.78, 5) is 3.99. The molecule has 0 saturated carbocycles. The first-order chi connectivity index (χ1) is 8.06. The molecule has 6 nitrogen and oxygen atoms in total. The summed E-state index contributed by atoms with van der Waals surface area (Å²) in [5, 5.41) is 17.2. The Bertz CT molecular complexity index is 319. The number of aromatic nitrogens is 1. The van der Waals surface area contributed by atoms with Gasteiger partial charge in [0.2, 0.25) is 0 Å². The number of aliphatic hydroxyl groups excluding tert-OH is 2. The van der Waals surface area contributed by atoms with Crippen molar-refractivity contribution in [3.8, 4) is 0 Å². The number of hydrogen-bond acceptors (Lipinski definition) is 5. The van der Waals surface area contributed by atoms with Gasteiger partial charge in [-0.1, -0.05) is 6.07 Å². The molecule has 17 heavy (non-hydrogen) atoms. The number of ether oxygens (including phenoxy) is 1. The van der Waals surface area contributed by atoms with Crippen LogP contribution in [0.2, 0.25) is 0 Å². The summed E-state index contributed by atoms with van der Waals surface area (Å²) in [6.45, 7) is 0. The van der Waals surface area contributed by atoms with Crippen LogP contribution in [-0.2, 0) is 4.74 Å². The summed E-state index contributed by atoms with van der Waals surface area (Å²) < 4.78 is 4.73. The van der Waals surface area contributed by atoms with E-state index in [1.54, 1.807) is 6.20 Å². The van der Waals surface area contributed by atoms with Crippen molar-refractivity contribution in [3.05, 3.63) is 24.4 Å². The van der Waals surface area contributed by atoms with Crippen molar-refractivity contribution in [3.63, 3.8) is 0 Å². The van der Waals surface area contributed by atoms with E-state index in [9.17, 15) is 0 Å². The normalized spacial score (nSPS) is 7.47. The molecule has 1 aromatic heterocycles. The smallest absolute Gasteiger partial charge is 0.262 e. The summed E-state index contributed by atoms with van der Waals surface area (Å²) >= 11 is 8.63. The van der Waals surface area contributed by atoms with Gasteiger partial charge in [-0.2, -0.15) is 0 Å². The molecule has 0 atom stereocenters. The van der Waals surface area contributed by atoms with Gasteiger partial charge in [-0.05, 0) is 36.6 Å². The van der Waals surface area contributed by atoms with Crippen molar-refractivity contribution in [1.29, 1.82) is 0 Å². The van der Waals surface area contributed by atoms with Gasteiger partial charge in [0.25, 0.3) is 10.3 Å². The first kappa shape index (κ1) is 17.9. The van der Waals surface area contributed by atoms with Crippen molar-refractivity contribution < 1.29 is 14.9 Å². The van der Waals surface area contributed by atoms with Gasteiger partial charge in [-0.25, -0.2) is 4.98 Å². The minimum Gasteiger partial charge on any atom is -0.487 e. The van der Waals surface area contributed by atoms with Crippen LogP contribution < -0.4 is 11.1 Å². The highest BCUT2D eigenvalue weighted by Crippen LogP contribution is 1.99. The SMILES string of the molecule is CO.COC(=S)Nc1ccccn1.NC(O)=S. The van der Waals surface area contributed by atoms with Crippen LogP contribution in [0.15, 0.2) is 24.4 Å². The van der Waals surface area contributed by atoms with Gasteiger partial charge in [-0.3, -0.25) is 0 Å². The van der Waals surface area contributed by atoms with E-state index in [4.69, 9.17) is 27.2 Å². The van der Waals surface area contributed by atoms with Crippen LogP contribution in [0, 0.1) is 0 Å². The van der Waals surface area contributed by atoms with Crippen molar-refractivity contribution >= 4 is 40.6 Å². The molecule has 0 amide bonds. The van der Waals surface area contributed by atoms with E-state index in [-0.39, 0.29) is 0 Å². The molecule has 0 radical (unpaired) electrons. The topological polar surface area (TPSA) is 101 Å². The first-order valence-corrected chi connectivity index (χ1v) is 5.07. The Morgan fingerprint density at radius 1 is 1.41 bits per heavy atom. The standard InChI is InChI=1S/C7H8N2OS.CH3NOS.CH4O/c1-10-7(11)9-6-4-2-3-5-8-6;2-1(3)4;1-2/h2-5H,1H3,(H,8,9,11);(H3,2,3,4);2H,1H3. The van der Waals surface area contributed by atoms with E-state index < -0.39 is 5.17 Å². The molecule has 8 heteroatoms. The molecule has 0 unspecified atom stereocenters. The van der Waals surface area contributed by atoms with Crippen molar-refractivity contribution in [2.45, 2.75) is 0 Å². The lowest BCUT2D eigenvalue weighted by Gasteiger charge is -2.03. The molecule has 1 aromatic rings. The third-order valence-corrected chi connectivity index (χ3v) is 1.35. The number of aliphatic hydroxyl groups is 2. The molecule has 0 fully saturated rings. The second-order valence-corrected chi connectivity index (χ2v) is 2.96. The Kier molecular flexibility index (Phi) is 13.2. The van der Waals surface area contributed by atoms with E-state index in [1.807, 2.05) is 18.2 Å². The molecule has 0 bridgehead atoms. The van der Waals surface area contributed by atoms with E-state index in [2.05, 4.69) is 28.3 Å². The van der Waals surface area contributed by atoms with Crippen LogP contribution in [0.4, 0.5) is 5.82 Å². The lowest BCUT2D eigenvalue weighted by molar-refractivity contribution is 0.399. The minimum atomic E-state index is -0.500. The molecule has 0 saturated heterocycles. The summed E-state index contributed by atoms with van der Waals surface area (Å²) in [6, 6.07) is 5.51. The zero-order chi connectivity index (χ0) is 13.7. The lowest BCUT2D eigenvalue weighted by Crippen LogP contribution is -2.11. The fourth-order valence-corrected chi connectivity index (χ4v) is 0.697. The third kappa shape index (κ3) is 14.5. The molecular formula is C9H15N3O3S2. The van der Waals surface area contributed by atoms with E-state index in [1.165, 1.54) is 7.11 Å². The number of pyridine rings is 1. The summed E-state index contributed by atoms with van der Waals surface area (Å²) in [7, 11) is 2.51. The predicted molar refractivity (Wildman–Crippen MR) is 75.0 cm³/mol. The van der Waals surface area contributed by atoms with Gasteiger partial charge in [0.1, 0.15) is 5.82 Å². The zero-order valence-corrected chi connectivity index (χ0v) is 11.1. The highest BCUT2D eigenvalue weighted by molar-refractivity contribution is 7.80. The molecule has 0 aliphatic heterocycles. The maximum atomic E-state index is 7.56. The molecule has 96 valence electrons. The molecule has 0 spiro atoms. The molecule has 1 heterocycles. The average molecular weight is 277 g/mol. The monoisotopic (exact) mass is 277 g/mol. The molecule has 5 N–H and O–H groups in total. The third-order valence-electron chi connectivity index (χ3n) is 1.08. The van der Waals surface area contributed by atoms with E-state index in [0.717, 1.165) is 7.11 Å². The van der Waals surface area contributed by atoms with E-state index in [0.29, 0.717) is 11.0 Å². The molecule has 0 aromatic carbocycles. The number of hydrogen-bond donors (Lipinski definition) is 4. The minimum absolute atomic E-state index is 0.323. The number of nitrogens with zero attached hydrogens (tertiary/aromatic N) is 1. The van der Waals surface area contributed by atoms with Gasteiger partial charge in [0, 0.05) is 13.3 Å². The van der Waals surface area contributed by atoms with Gasteiger partial charge in [0.05, 0.1) is 7.11 Å². The van der Waals surface area contributed by atoms with Crippen LogP contribution in [0.3, 0.4) is 0 Å². The Morgan fingerprint density at radius 3 is 2.29 bits per heavy atom. The Hall–Kier alpha value is -1.51. The molecule has 0 aliphatic carbocycles. The molecule has 0 aliphatic rings.